The summed E-state index contributed by atoms with van der Waals surface area (Å²) in [5.74, 6) is 0.129. The molecule has 0 unspecified atom stereocenters. The first-order chi connectivity index (χ1) is 14.1. The highest BCUT2D eigenvalue weighted by Crippen LogP contribution is 2.48. The van der Waals surface area contributed by atoms with Gasteiger partial charge < -0.3 is 9.88 Å². The van der Waals surface area contributed by atoms with Gasteiger partial charge in [0.1, 0.15) is 22.4 Å². The van der Waals surface area contributed by atoms with Crippen molar-refractivity contribution in [3.05, 3.63) is 60.0 Å². The predicted octanol–water partition coefficient (Wildman–Crippen LogP) is 4.13. The van der Waals surface area contributed by atoms with E-state index >= 15 is 0 Å². The summed E-state index contributed by atoms with van der Waals surface area (Å²) in [6, 6.07) is 12.3. The molecule has 2 heterocycles. The number of carbonyl (C=O) groups excluding carboxylic acids is 1. The van der Waals surface area contributed by atoms with Crippen LogP contribution in [0.3, 0.4) is 0 Å². The number of nitrogens with one attached hydrogen (secondary N) is 1. The summed E-state index contributed by atoms with van der Waals surface area (Å²) in [5.41, 5.74) is 4.22. The molecule has 1 aliphatic carbocycles. The number of carbonyl (C=O) groups is 1. The molecule has 4 rings (SSSR count). The zero-order valence-electron chi connectivity index (χ0n) is 16.4. The number of rotatable bonds is 7. The van der Waals surface area contributed by atoms with E-state index in [0.717, 1.165) is 38.9 Å². The summed E-state index contributed by atoms with van der Waals surface area (Å²) >= 11 is 1.59. The van der Waals surface area contributed by atoms with Gasteiger partial charge in [0.25, 0.3) is 0 Å². The van der Waals surface area contributed by atoms with Gasteiger partial charge in [-0.1, -0.05) is 30.3 Å². The van der Waals surface area contributed by atoms with Crippen molar-refractivity contribution in [1.82, 2.24) is 19.9 Å². The largest absolute Gasteiger partial charge is 0.353 e. The van der Waals surface area contributed by atoms with Crippen LogP contribution in [0.5, 0.6) is 0 Å². The van der Waals surface area contributed by atoms with Gasteiger partial charge in [0.05, 0.1) is 6.33 Å². The fraction of sp³-hybridized carbons (Fsp3) is 0.318. The SMILES string of the molecule is Cc1ccc(Sc2c(-c3ccc([C@H]4C[C@@H]4C(=O)NCCF)cc3)ncn2C)nc1. The lowest BCUT2D eigenvalue weighted by Gasteiger charge is -2.07. The van der Waals surface area contributed by atoms with Gasteiger partial charge in [-0.2, -0.15) is 0 Å². The molecule has 2 atom stereocenters. The predicted molar refractivity (Wildman–Crippen MR) is 112 cm³/mol. The van der Waals surface area contributed by atoms with E-state index in [-0.39, 0.29) is 24.3 Å². The number of imidazole rings is 1. The first-order valence-electron chi connectivity index (χ1n) is 9.62. The molecule has 5 nitrogen and oxygen atoms in total. The molecule has 29 heavy (non-hydrogen) atoms. The minimum atomic E-state index is -0.527. The zero-order valence-corrected chi connectivity index (χ0v) is 17.2. The van der Waals surface area contributed by atoms with Gasteiger partial charge in [0, 0.05) is 31.3 Å². The Morgan fingerprint density at radius 3 is 2.72 bits per heavy atom. The average Bonchev–Trinajstić information content (AvgIpc) is 3.46. The summed E-state index contributed by atoms with van der Waals surface area (Å²) in [4.78, 5) is 21.0. The molecule has 3 aromatic rings. The number of hydrogen-bond acceptors (Lipinski definition) is 4. The second-order valence-corrected chi connectivity index (χ2v) is 8.34. The van der Waals surface area contributed by atoms with E-state index in [1.165, 1.54) is 0 Å². The van der Waals surface area contributed by atoms with Crippen LogP contribution in [0.15, 0.2) is 59.0 Å². The van der Waals surface area contributed by atoms with Crippen LogP contribution in [-0.2, 0) is 11.8 Å². The zero-order chi connectivity index (χ0) is 20.4. The van der Waals surface area contributed by atoms with Crippen LogP contribution in [0.2, 0.25) is 0 Å². The number of benzene rings is 1. The third kappa shape index (κ3) is 4.34. The van der Waals surface area contributed by atoms with E-state index in [1.807, 2.05) is 37.1 Å². The normalized spacial score (nSPS) is 17.9. The summed E-state index contributed by atoms with van der Waals surface area (Å²) in [6.45, 7) is 1.59. The van der Waals surface area contributed by atoms with Crippen molar-refractivity contribution in [2.45, 2.75) is 29.3 Å². The maximum Gasteiger partial charge on any atom is 0.223 e. The van der Waals surface area contributed by atoms with Gasteiger partial charge in [0.15, 0.2) is 0 Å². The number of aromatic nitrogens is 3. The van der Waals surface area contributed by atoms with Crippen LogP contribution in [0, 0.1) is 12.8 Å². The lowest BCUT2D eigenvalue weighted by molar-refractivity contribution is -0.122. The number of nitrogens with zero attached hydrogens (tertiary/aromatic N) is 3. The van der Waals surface area contributed by atoms with Crippen LogP contribution in [0.1, 0.15) is 23.5 Å². The number of aryl methyl sites for hydroxylation is 2. The maximum atomic E-state index is 12.2. The molecule has 1 aliphatic rings. The van der Waals surface area contributed by atoms with E-state index in [0.29, 0.717) is 0 Å². The second kappa shape index (κ2) is 8.37. The van der Waals surface area contributed by atoms with Gasteiger partial charge in [-0.25, -0.2) is 14.4 Å². The van der Waals surface area contributed by atoms with Crippen LogP contribution in [-0.4, -0.2) is 33.7 Å². The molecule has 1 fully saturated rings. The highest BCUT2D eigenvalue weighted by atomic mass is 32.2. The monoisotopic (exact) mass is 410 g/mol. The van der Waals surface area contributed by atoms with Crippen molar-refractivity contribution < 1.29 is 9.18 Å². The second-order valence-electron chi connectivity index (χ2n) is 7.34. The number of halogens is 1. The van der Waals surface area contributed by atoms with Crippen molar-refractivity contribution in [2.75, 3.05) is 13.2 Å². The molecule has 1 aromatic carbocycles. The Morgan fingerprint density at radius 2 is 2.03 bits per heavy atom. The molecule has 1 saturated carbocycles. The fourth-order valence-corrected chi connectivity index (χ4v) is 4.29. The van der Waals surface area contributed by atoms with E-state index in [2.05, 4.69) is 45.6 Å². The molecule has 7 heteroatoms. The third-order valence-electron chi connectivity index (χ3n) is 5.10. The summed E-state index contributed by atoms with van der Waals surface area (Å²) in [7, 11) is 1.98. The molecule has 0 aliphatic heterocycles. The van der Waals surface area contributed by atoms with Crippen LogP contribution in [0.25, 0.3) is 11.3 Å². The van der Waals surface area contributed by atoms with Gasteiger partial charge >= 0.3 is 0 Å². The summed E-state index contributed by atoms with van der Waals surface area (Å²) in [6.07, 6.45) is 4.50. The van der Waals surface area contributed by atoms with E-state index in [9.17, 15) is 9.18 Å². The Balaban J connectivity index is 1.49. The fourth-order valence-electron chi connectivity index (χ4n) is 3.39. The highest BCUT2D eigenvalue weighted by molar-refractivity contribution is 7.99. The molecule has 1 N–H and O–H groups in total. The van der Waals surface area contributed by atoms with Crippen molar-refractivity contribution in [3.8, 4) is 11.3 Å². The number of hydrogen-bond donors (Lipinski definition) is 1. The minimum Gasteiger partial charge on any atom is -0.353 e. The lowest BCUT2D eigenvalue weighted by atomic mass is 10.1. The van der Waals surface area contributed by atoms with Crippen LogP contribution >= 0.6 is 11.8 Å². The van der Waals surface area contributed by atoms with Crippen molar-refractivity contribution in [2.24, 2.45) is 13.0 Å². The molecule has 2 aromatic heterocycles. The standard InChI is InChI=1S/C22H23FN4OS/c1-14-3-8-19(25-12-14)29-22-20(26-13-27(22)2)16-6-4-15(5-7-16)17-11-18(17)21(28)24-10-9-23/h3-8,12-13,17-18H,9-11H2,1-2H3,(H,24,28)/t17-,18+/m1/s1. The summed E-state index contributed by atoms with van der Waals surface area (Å²) in [5, 5.41) is 4.59. The highest BCUT2D eigenvalue weighted by Gasteiger charge is 2.43. The number of alkyl halides is 1. The number of pyridine rings is 1. The molecular formula is C22H23FN4OS. The molecule has 150 valence electrons. The van der Waals surface area contributed by atoms with Crippen molar-refractivity contribution in [1.29, 1.82) is 0 Å². The van der Waals surface area contributed by atoms with Gasteiger partial charge in [-0.3, -0.25) is 4.79 Å². The Hall–Kier alpha value is -2.67. The first-order valence-corrected chi connectivity index (χ1v) is 10.4. The van der Waals surface area contributed by atoms with Gasteiger partial charge in [-0.15, -0.1) is 0 Å². The Bertz CT molecular complexity index is 1000. The first kappa shape index (κ1) is 19.6. The molecule has 0 spiro atoms. The minimum absolute atomic E-state index is 0.0408. The molecule has 0 bridgehead atoms. The Labute approximate surface area is 173 Å². The Kier molecular flexibility index (Phi) is 5.67. The van der Waals surface area contributed by atoms with E-state index in [4.69, 9.17) is 0 Å². The van der Waals surface area contributed by atoms with Crippen molar-refractivity contribution >= 4 is 17.7 Å². The van der Waals surface area contributed by atoms with Crippen LogP contribution in [0.4, 0.5) is 4.39 Å². The van der Waals surface area contributed by atoms with Gasteiger partial charge in [0.2, 0.25) is 5.91 Å². The van der Waals surface area contributed by atoms with Gasteiger partial charge in [-0.05, 0) is 48.2 Å². The summed E-state index contributed by atoms with van der Waals surface area (Å²) < 4.78 is 14.2. The smallest absolute Gasteiger partial charge is 0.223 e. The Morgan fingerprint density at radius 1 is 1.24 bits per heavy atom. The topological polar surface area (TPSA) is 59.8 Å². The van der Waals surface area contributed by atoms with Crippen LogP contribution < -0.4 is 5.32 Å². The van der Waals surface area contributed by atoms with E-state index in [1.54, 1.807) is 11.8 Å². The third-order valence-corrected chi connectivity index (χ3v) is 6.23. The number of amides is 1. The quantitative estimate of drug-likeness (QED) is 0.636. The molecular weight excluding hydrogens is 387 g/mol. The van der Waals surface area contributed by atoms with E-state index < -0.39 is 6.67 Å². The molecule has 1 amide bonds. The molecule has 0 radical (unpaired) electrons. The lowest BCUT2D eigenvalue weighted by Crippen LogP contribution is -2.27. The molecule has 0 saturated heterocycles. The maximum absolute atomic E-state index is 12.2. The van der Waals surface area contributed by atoms with Crippen molar-refractivity contribution in [3.63, 3.8) is 0 Å². The average molecular weight is 411 g/mol.